The Morgan fingerprint density at radius 2 is 1.62 bits per heavy atom. The third-order valence-electron chi connectivity index (χ3n) is 4.53. The Morgan fingerprint density at radius 1 is 1.10 bits per heavy atom. The maximum Gasteiger partial charge on any atom is 0.118 e. The molecule has 0 amide bonds. The minimum Gasteiger partial charge on any atom is -0.497 e. The fourth-order valence-corrected chi connectivity index (χ4v) is 3.04. The molecule has 120 valence electrons. The van der Waals surface area contributed by atoms with Crippen molar-refractivity contribution in [1.29, 1.82) is 0 Å². The van der Waals surface area contributed by atoms with Gasteiger partial charge in [-0.25, -0.2) is 0 Å². The van der Waals surface area contributed by atoms with Gasteiger partial charge >= 0.3 is 0 Å². The van der Waals surface area contributed by atoms with Gasteiger partial charge in [0.25, 0.3) is 0 Å². The average molecular weight is 292 g/mol. The fourth-order valence-electron chi connectivity index (χ4n) is 3.04. The number of hydrogen-bond acceptors (Lipinski definition) is 3. The van der Waals surface area contributed by atoms with Crippen LogP contribution < -0.4 is 10.5 Å². The van der Waals surface area contributed by atoms with Gasteiger partial charge in [0.1, 0.15) is 5.75 Å². The molecule has 2 unspecified atom stereocenters. The molecular formula is C18H32N2O. The van der Waals surface area contributed by atoms with Crippen LogP contribution in [0, 0.1) is 0 Å². The van der Waals surface area contributed by atoms with Crippen molar-refractivity contribution in [3.8, 4) is 5.75 Å². The normalized spacial score (nSPS) is 15.8. The molecule has 3 nitrogen and oxygen atoms in total. The van der Waals surface area contributed by atoms with Gasteiger partial charge in [-0.3, -0.25) is 4.90 Å². The minimum absolute atomic E-state index is 0.316. The van der Waals surface area contributed by atoms with Crippen LogP contribution in [-0.2, 0) is 5.54 Å². The molecule has 21 heavy (non-hydrogen) atoms. The van der Waals surface area contributed by atoms with Gasteiger partial charge in [0.15, 0.2) is 0 Å². The molecule has 0 saturated carbocycles. The summed E-state index contributed by atoms with van der Waals surface area (Å²) in [6, 6.07) is 8.53. The number of methoxy groups -OCH3 is 1. The Kier molecular flexibility index (Phi) is 7.20. The lowest BCUT2D eigenvalue weighted by molar-refractivity contribution is 0.127. The van der Waals surface area contributed by atoms with E-state index in [9.17, 15) is 0 Å². The van der Waals surface area contributed by atoms with Crippen molar-refractivity contribution in [2.24, 2.45) is 5.73 Å². The van der Waals surface area contributed by atoms with Gasteiger partial charge in [0, 0.05) is 6.04 Å². The van der Waals surface area contributed by atoms with Crippen LogP contribution in [0.1, 0.15) is 52.5 Å². The average Bonchev–Trinajstić information content (AvgIpc) is 2.53. The number of rotatable bonds is 9. The van der Waals surface area contributed by atoms with Gasteiger partial charge in [-0.15, -0.1) is 0 Å². The van der Waals surface area contributed by atoms with Crippen LogP contribution in [0.3, 0.4) is 0 Å². The third-order valence-corrected chi connectivity index (χ3v) is 4.53. The van der Waals surface area contributed by atoms with Crippen molar-refractivity contribution in [1.82, 2.24) is 4.90 Å². The smallest absolute Gasteiger partial charge is 0.118 e. The summed E-state index contributed by atoms with van der Waals surface area (Å²) in [5, 5.41) is 0. The second-order valence-electron chi connectivity index (χ2n) is 5.83. The molecule has 0 fully saturated rings. The van der Waals surface area contributed by atoms with Crippen molar-refractivity contribution in [2.75, 3.05) is 20.2 Å². The number of benzene rings is 1. The van der Waals surface area contributed by atoms with Crippen molar-refractivity contribution in [3.05, 3.63) is 29.8 Å². The SMILES string of the molecule is CCCN(CCC)C(C)C(N)(CC)c1ccc(OC)cc1. The molecule has 0 radical (unpaired) electrons. The Labute approximate surface area is 130 Å². The van der Waals surface area contributed by atoms with Gasteiger partial charge in [0.2, 0.25) is 0 Å². The van der Waals surface area contributed by atoms with E-state index in [1.54, 1.807) is 7.11 Å². The van der Waals surface area contributed by atoms with E-state index in [1.807, 2.05) is 12.1 Å². The standard InChI is InChI=1S/C18H32N2O/c1-6-13-20(14-7-2)15(4)18(19,8-3)16-9-11-17(21-5)12-10-16/h9-12,15H,6-8,13-14,19H2,1-5H3. The first-order valence-corrected chi connectivity index (χ1v) is 8.20. The molecule has 0 aliphatic heterocycles. The molecule has 0 bridgehead atoms. The zero-order valence-electron chi connectivity index (χ0n) is 14.4. The molecule has 0 saturated heterocycles. The molecule has 0 spiro atoms. The van der Waals surface area contributed by atoms with E-state index in [0.29, 0.717) is 6.04 Å². The van der Waals surface area contributed by atoms with Crippen molar-refractivity contribution < 1.29 is 4.74 Å². The maximum atomic E-state index is 6.83. The first-order chi connectivity index (χ1) is 10.0. The summed E-state index contributed by atoms with van der Waals surface area (Å²) in [6.07, 6.45) is 3.24. The van der Waals surface area contributed by atoms with Gasteiger partial charge in [0.05, 0.1) is 12.6 Å². The van der Waals surface area contributed by atoms with E-state index in [0.717, 1.165) is 38.1 Å². The lowest BCUT2D eigenvalue weighted by Gasteiger charge is -2.42. The van der Waals surface area contributed by atoms with Crippen LogP contribution in [0.2, 0.25) is 0 Å². The van der Waals surface area contributed by atoms with Crippen LogP contribution >= 0.6 is 0 Å². The van der Waals surface area contributed by atoms with Crippen LogP contribution in [-0.4, -0.2) is 31.1 Å². The number of nitrogens with zero attached hydrogens (tertiary/aromatic N) is 1. The Morgan fingerprint density at radius 3 is 2.00 bits per heavy atom. The molecule has 0 aliphatic carbocycles. The first-order valence-electron chi connectivity index (χ1n) is 8.20. The van der Waals surface area contributed by atoms with Gasteiger partial charge in [-0.2, -0.15) is 0 Å². The molecule has 2 atom stereocenters. The molecule has 0 aromatic heterocycles. The summed E-state index contributed by atoms with van der Waals surface area (Å²) < 4.78 is 5.25. The van der Waals surface area contributed by atoms with E-state index in [-0.39, 0.29) is 5.54 Å². The summed E-state index contributed by atoms with van der Waals surface area (Å²) in [7, 11) is 1.69. The van der Waals surface area contributed by atoms with E-state index in [4.69, 9.17) is 10.5 Å². The second kappa shape index (κ2) is 8.40. The molecule has 0 heterocycles. The first kappa shape index (κ1) is 18.0. The number of hydrogen-bond donors (Lipinski definition) is 1. The quantitative estimate of drug-likeness (QED) is 0.753. The molecule has 1 aromatic carbocycles. The predicted molar refractivity (Wildman–Crippen MR) is 90.8 cm³/mol. The highest BCUT2D eigenvalue weighted by Gasteiger charge is 2.35. The molecule has 0 aliphatic rings. The van der Waals surface area contributed by atoms with Gasteiger partial charge in [-0.1, -0.05) is 32.9 Å². The van der Waals surface area contributed by atoms with Crippen molar-refractivity contribution >= 4 is 0 Å². The maximum absolute atomic E-state index is 6.83. The molecule has 1 rings (SSSR count). The molecule has 1 aromatic rings. The topological polar surface area (TPSA) is 38.5 Å². The highest BCUT2D eigenvalue weighted by Crippen LogP contribution is 2.30. The van der Waals surface area contributed by atoms with E-state index in [2.05, 4.69) is 44.7 Å². The fraction of sp³-hybridized carbons (Fsp3) is 0.667. The van der Waals surface area contributed by atoms with Crippen molar-refractivity contribution in [2.45, 2.75) is 58.5 Å². The molecule has 2 N–H and O–H groups in total. The number of ether oxygens (including phenoxy) is 1. The van der Waals surface area contributed by atoms with Crippen molar-refractivity contribution in [3.63, 3.8) is 0 Å². The van der Waals surface area contributed by atoms with Crippen LogP contribution in [0.15, 0.2) is 24.3 Å². The summed E-state index contributed by atoms with van der Waals surface area (Å²) in [4.78, 5) is 2.52. The van der Waals surface area contributed by atoms with E-state index in [1.165, 1.54) is 5.56 Å². The zero-order chi connectivity index (χ0) is 15.9. The Bertz CT molecular complexity index is 398. The van der Waals surface area contributed by atoms with Crippen LogP contribution in [0.4, 0.5) is 0 Å². The molecular weight excluding hydrogens is 260 g/mol. The molecule has 3 heteroatoms. The monoisotopic (exact) mass is 292 g/mol. The lowest BCUT2D eigenvalue weighted by atomic mass is 9.81. The number of nitrogens with two attached hydrogens (primary N) is 1. The summed E-state index contributed by atoms with van der Waals surface area (Å²) in [5.74, 6) is 0.879. The highest BCUT2D eigenvalue weighted by molar-refractivity contribution is 5.33. The van der Waals surface area contributed by atoms with Gasteiger partial charge < -0.3 is 10.5 Å². The Balaban J connectivity index is 3.04. The largest absolute Gasteiger partial charge is 0.497 e. The van der Waals surface area contributed by atoms with E-state index >= 15 is 0 Å². The zero-order valence-corrected chi connectivity index (χ0v) is 14.4. The summed E-state index contributed by atoms with van der Waals surface area (Å²) in [5.41, 5.74) is 7.70. The Hall–Kier alpha value is -1.06. The van der Waals surface area contributed by atoms with Crippen LogP contribution in [0.5, 0.6) is 5.75 Å². The highest BCUT2D eigenvalue weighted by atomic mass is 16.5. The predicted octanol–water partition coefficient (Wildman–Crippen LogP) is 3.77. The summed E-state index contributed by atoms with van der Waals surface area (Å²) >= 11 is 0. The minimum atomic E-state index is -0.323. The van der Waals surface area contributed by atoms with E-state index < -0.39 is 0 Å². The van der Waals surface area contributed by atoms with Gasteiger partial charge in [-0.05, 0) is 57.0 Å². The summed E-state index contributed by atoms with van der Waals surface area (Å²) in [6.45, 7) is 11.1. The van der Waals surface area contributed by atoms with Crippen LogP contribution in [0.25, 0.3) is 0 Å². The third kappa shape index (κ3) is 4.21. The lowest BCUT2D eigenvalue weighted by Crippen LogP contribution is -2.54. The second-order valence-corrected chi connectivity index (χ2v) is 5.83.